The second-order valence-electron chi connectivity index (χ2n) is 5.60. The minimum atomic E-state index is -0.650. The van der Waals surface area contributed by atoms with Gasteiger partial charge in [-0.2, -0.15) is 0 Å². The van der Waals surface area contributed by atoms with Crippen LogP contribution in [0.3, 0.4) is 0 Å². The Hall–Kier alpha value is -2.04. The van der Waals surface area contributed by atoms with Crippen LogP contribution in [0.5, 0.6) is 5.75 Å². The van der Waals surface area contributed by atoms with Crippen molar-refractivity contribution in [2.75, 3.05) is 18.5 Å². The van der Waals surface area contributed by atoms with Gasteiger partial charge >= 0.3 is 11.8 Å². The van der Waals surface area contributed by atoms with E-state index < -0.39 is 11.8 Å². The molecule has 1 fully saturated rings. The lowest BCUT2D eigenvalue weighted by atomic mass is 9.89. The Labute approximate surface area is 131 Å². The van der Waals surface area contributed by atoms with Gasteiger partial charge in [-0.25, -0.2) is 0 Å². The first-order chi connectivity index (χ1) is 10.7. The number of rotatable bonds is 5. The number of benzene rings is 1. The monoisotopic (exact) mass is 304 g/mol. The van der Waals surface area contributed by atoms with Crippen molar-refractivity contribution in [1.82, 2.24) is 5.32 Å². The quantitative estimate of drug-likeness (QED) is 0.822. The summed E-state index contributed by atoms with van der Waals surface area (Å²) in [6.07, 6.45) is 5.98. The van der Waals surface area contributed by atoms with Gasteiger partial charge in [-0.3, -0.25) is 9.59 Å². The third-order valence-electron chi connectivity index (χ3n) is 3.92. The third-order valence-corrected chi connectivity index (χ3v) is 3.92. The lowest BCUT2D eigenvalue weighted by molar-refractivity contribution is -0.136. The zero-order valence-electron chi connectivity index (χ0n) is 13.1. The second-order valence-corrected chi connectivity index (χ2v) is 5.60. The van der Waals surface area contributed by atoms with Gasteiger partial charge in [0.1, 0.15) is 5.75 Å². The predicted octanol–water partition coefficient (Wildman–Crippen LogP) is 2.72. The summed E-state index contributed by atoms with van der Waals surface area (Å²) in [4.78, 5) is 23.9. The molecule has 2 N–H and O–H groups in total. The molecule has 1 saturated carbocycles. The molecule has 0 saturated heterocycles. The van der Waals surface area contributed by atoms with Gasteiger partial charge in [0.05, 0.1) is 12.3 Å². The number of carbonyl (C=O) groups excluding carboxylic acids is 2. The van der Waals surface area contributed by atoms with Crippen LogP contribution in [-0.4, -0.2) is 25.0 Å². The van der Waals surface area contributed by atoms with Crippen LogP contribution >= 0.6 is 0 Å². The Morgan fingerprint density at radius 1 is 1.14 bits per heavy atom. The van der Waals surface area contributed by atoms with E-state index in [1.807, 2.05) is 13.0 Å². The van der Waals surface area contributed by atoms with Crippen molar-refractivity contribution in [1.29, 1.82) is 0 Å². The van der Waals surface area contributed by atoms with Crippen LogP contribution in [0.2, 0.25) is 0 Å². The summed E-state index contributed by atoms with van der Waals surface area (Å²) in [7, 11) is 0. The predicted molar refractivity (Wildman–Crippen MR) is 85.8 cm³/mol. The van der Waals surface area contributed by atoms with Gasteiger partial charge < -0.3 is 15.4 Å². The Morgan fingerprint density at radius 3 is 2.59 bits per heavy atom. The van der Waals surface area contributed by atoms with Crippen LogP contribution in [-0.2, 0) is 9.59 Å². The average Bonchev–Trinajstić information content (AvgIpc) is 2.55. The minimum absolute atomic E-state index is 0.501. The summed E-state index contributed by atoms with van der Waals surface area (Å²) in [6, 6.07) is 7.10. The summed E-state index contributed by atoms with van der Waals surface area (Å²) < 4.78 is 5.43. The van der Waals surface area contributed by atoms with Gasteiger partial charge in [-0.1, -0.05) is 31.4 Å². The molecule has 1 aromatic carbocycles. The Kier molecular flexibility index (Phi) is 6.25. The van der Waals surface area contributed by atoms with E-state index in [1.165, 1.54) is 19.3 Å². The summed E-state index contributed by atoms with van der Waals surface area (Å²) in [5.74, 6) is -0.167. The average molecular weight is 304 g/mol. The van der Waals surface area contributed by atoms with Crippen LogP contribution < -0.4 is 15.4 Å². The molecule has 0 unspecified atom stereocenters. The summed E-state index contributed by atoms with van der Waals surface area (Å²) >= 11 is 0. The van der Waals surface area contributed by atoms with Crippen molar-refractivity contribution in [2.24, 2.45) is 5.92 Å². The molecule has 1 aromatic rings. The molecule has 2 rings (SSSR count). The first-order valence-electron chi connectivity index (χ1n) is 8.01. The van der Waals surface area contributed by atoms with E-state index in [9.17, 15) is 9.59 Å². The molecule has 1 aliphatic carbocycles. The minimum Gasteiger partial charge on any atom is -0.492 e. The van der Waals surface area contributed by atoms with E-state index in [0.717, 1.165) is 12.8 Å². The van der Waals surface area contributed by atoms with Gasteiger partial charge in [0.25, 0.3) is 0 Å². The molecule has 22 heavy (non-hydrogen) atoms. The number of carbonyl (C=O) groups is 2. The van der Waals surface area contributed by atoms with Crippen LogP contribution in [0.4, 0.5) is 5.69 Å². The van der Waals surface area contributed by atoms with Crippen LogP contribution in [0, 0.1) is 5.92 Å². The van der Waals surface area contributed by atoms with Crippen molar-refractivity contribution < 1.29 is 14.3 Å². The molecule has 0 aromatic heterocycles. The molecule has 0 radical (unpaired) electrons. The fourth-order valence-electron chi connectivity index (χ4n) is 2.74. The smallest absolute Gasteiger partial charge is 0.313 e. The highest BCUT2D eigenvalue weighted by Gasteiger charge is 2.18. The third kappa shape index (κ3) is 4.76. The molecule has 0 spiro atoms. The fourth-order valence-corrected chi connectivity index (χ4v) is 2.74. The fraction of sp³-hybridized carbons (Fsp3) is 0.529. The van der Waals surface area contributed by atoms with Crippen molar-refractivity contribution in [3.05, 3.63) is 24.3 Å². The highest BCUT2D eigenvalue weighted by atomic mass is 16.5. The van der Waals surface area contributed by atoms with Crippen LogP contribution in [0.15, 0.2) is 24.3 Å². The number of hydrogen-bond acceptors (Lipinski definition) is 3. The largest absolute Gasteiger partial charge is 0.492 e. The number of amides is 2. The number of nitrogens with one attached hydrogen (secondary N) is 2. The molecule has 0 aliphatic heterocycles. The topological polar surface area (TPSA) is 67.4 Å². The van der Waals surface area contributed by atoms with Crippen LogP contribution in [0.1, 0.15) is 39.0 Å². The Bertz CT molecular complexity index is 510. The SMILES string of the molecule is CCOc1ccccc1NC(=O)C(=O)NCC1CCCCC1. The molecular formula is C17H24N2O3. The van der Waals surface area contributed by atoms with Crippen molar-refractivity contribution in [2.45, 2.75) is 39.0 Å². The maximum Gasteiger partial charge on any atom is 0.313 e. The van der Waals surface area contributed by atoms with Crippen molar-refractivity contribution >= 4 is 17.5 Å². The molecule has 5 heteroatoms. The summed E-state index contributed by atoms with van der Waals surface area (Å²) in [6.45, 7) is 2.95. The van der Waals surface area contributed by atoms with Gasteiger partial charge in [0, 0.05) is 6.54 Å². The maximum absolute atomic E-state index is 12.0. The highest BCUT2D eigenvalue weighted by Crippen LogP contribution is 2.24. The number of anilines is 1. The van der Waals surface area contributed by atoms with Crippen LogP contribution in [0.25, 0.3) is 0 Å². The first kappa shape index (κ1) is 16.3. The van der Waals surface area contributed by atoms with E-state index in [1.54, 1.807) is 18.2 Å². The van der Waals surface area contributed by atoms with Gasteiger partial charge in [-0.15, -0.1) is 0 Å². The molecular weight excluding hydrogens is 280 g/mol. The number of para-hydroxylation sites is 2. The first-order valence-corrected chi connectivity index (χ1v) is 8.01. The molecule has 0 heterocycles. The van der Waals surface area contributed by atoms with E-state index in [0.29, 0.717) is 30.5 Å². The van der Waals surface area contributed by atoms with E-state index in [2.05, 4.69) is 10.6 Å². The summed E-state index contributed by atoms with van der Waals surface area (Å²) in [5.41, 5.74) is 0.516. The van der Waals surface area contributed by atoms with Crippen molar-refractivity contribution in [3.63, 3.8) is 0 Å². The standard InChI is InChI=1S/C17H24N2O3/c1-2-22-15-11-7-6-10-14(15)19-17(21)16(20)18-12-13-8-4-3-5-9-13/h6-7,10-11,13H,2-5,8-9,12H2,1H3,(H,18,20)(H,19,21). The molecule has 5 nitrogen and oxygen atoms in total. The molecule has 0 atom stereocenters. The van der Waals surface area contributed by atoms with E-state index >= 15 is 0 Å². The zero-order chi connectivity index (χ0) is 15.8. The number of ether oxygens (including phenoxy) is 1. The van der Waals surface area contributed by atoms with Gasteiger partial charge in [0.2, 0.25) is 0 Å². The van der Waals surface area contributed by atoms with Crippen molar-refractivity contribution in [3.8, 4) is 5.75 Å². The highest BCUT2D eigenvalue weighted by molar-refractivity contribution is 6.39. The Morgan fingerprint density at radius 2 is 1.86 bits per heavy atom. The zero-order valence-corrected chi connectivity index (χ0v) is 13.1. The number of hydrogen-bond donors (Lipinski definition) is 2. The lowest BCUT2D eigenvalue weighted by Gasteiger charge is -2.21. The molecule has 1 aliphatic rings. The maximum atomic E-state index is 12.0. The summed E-state index contributed by atoms with van der Waals surface area (Å²) in [5, 5.41) is 5.34. The normalized spacial score (nSPS) is 15.1. The second kappa shape index (κ2) is 8.41. The van der Waals surface area contributed by atoms with Gasteiger partial charge in [-0.05, 0) is 37.8 Å². The molecule has 120 valence electrons. The van der Waals surface area contributed by atoms with E-state index in [4.69, 9.17) is 4.74 Å². The molecule has 2 amide bonds. The lowest BCUT2D eigenvalue weighted by Crippen LogP contribution is -2.38. The van der Waals surface area contributed by atoms with E-state index in [-0.39, 0.29) is 0 Å². The molecule has 0 bridgehead atoms. The van der Waals surface area contributed by atoms with Gasteiger partial charge in [0.15, 0.2) is 0 Å². The Balaban J connectivity index is 1.84.